The number of benzene rings is 1. The van der Waals surface area contributed by atoms with Gasteiger partial charge in [-0.1, -0.05) is 18.2 Å². The smallest absolute Gasteiger partial charge is 0.282 e. The van der Waals surface area contributed by atoms with Crippen LogP contribution in [0, 0.1) is 0 Å². The van der Waals surface area contributed by atoms with E-state index in [0.717, 1.165) is 0 Å². The first kappa shape index (κ1) is 9.18. The van der Waals surface area contributed by atoms with E-state index in [-0.39, 0.29) is 10.5 Å². The highest BCUT2D eigenvalue weighted by Crippen LogP contribution is 2.14. The minimum Gasteiger partial charge on any atom is -0.282 e. The molecular weight excluding hydrogens is 180 g/mol. The average Bonchev–Trinajstić information content (AvgIpc) is 2.03. The molecule has 4 nitrogen and oxygen atoms in total. The van der Waals surface area contributed by atoms with Gasteiger partial charge in [-0.25, -0.2) is 5.11 Å². The van der Waals surface area contributed by atoms with Gasteiger partial charge in [-0.15, -0.1) is 0 Å². The van der Waals surface area contributed by atoms with E-state index >= 15 is 0 Å². The molecule has 0 fully saturated rings. The van der Waals surface area contributed by atoms with Crippen LogP contribution < -0.4 is 0 Å². The second kappa shape index (κ2) is 3.22. The summed E-state index contributed by atoms with van der Waals surface area (Å²) in [6, 6.07) is 5.56. The van der Waals surface area contributed by atoms with Crippen LogP contribution in [0.5, 0.6) is 0 Å². The topological polar surface area (TPSA) is 74.3 Å². The lowest BCUT2D eigenvalue weighted by molar-refractivity contribution is 0.175. The molecule has 0 atom stereocenters. The molecule has 1 aromatic carbocycles. The van der Waals surface area contributed by atoms with E-state index in [1.165, 1.54) is 18.2 Å². The van der Waals surface area contributed by atoms with Gasteiger partial charge < -0.3 is 0 Å². The Hall–Kier alpha value is -0.910. The fourth-order valence-corrected chi connectivity index (χ4v) is 1.58. The molecule has 1 rings (SSSR count). The lowest BCUT2D eigenvalue weighted by Gasteiger charge is -2.00. The summed E-state index contributed by atoms with van der Waals surface area (Å²) in [6.45, 7) is -0.657. The molecule has 65 valence electrons. The molecule has 0 aliphatic heterocycles. The zero-order valence-electron chi connectivity index (χ0n) is 6.10. The molecule has 0 aliphatic rings. The summed E-state index contributed by atoms with van der Waals surface area (Å²) < 4.78 is 29.9. The van der Waals surface area contributed by atoms with Gasteiger partial charge in [-0.3, -0.25) is 4.55 Å². The third kappa shape index (κ3) is 1.82. The minimum atomic E-state index is -4.25. The molecular formula is C7H7O4S. The summed E-state index contributed by atoms with van der Waals surface area (Å²) in [5.74, 6) is 0. The van der Waals surface area contributed by atoms with Crippen molar-refractivity contribution in [1.82, 2.24) is 0 Å². The highest BCUT2D eigenvalue weighted by Gasteiger charge is 2.13. The van der Waals surface area contributed by atoms with Crippen molar-refractivity contribution in [2.45, 2.75) is 11.5 Å². The zero-order chi connectivity index (χ0) is 9.19. The molecule has 0 heterocycles. The molecule has 5 heteroatoms. The molecule has 1 N–H and O–H groups in total. The summed E-state index contributed by atoms with van der Waals surface area (Å²) >= 11 is 0. The summed E-state index contributed by atoms with van der Waals surface area (Å²) in [5, 5.41) is 10.4. The van der Waals surface area contributed by atoms with E-state index in [2.05, 4.69) is 0 Å². The van der Waals surface area contributed by atoms with Crippen LogP contribution in [-0.4, -0.2) is 13.0 Å². The third-order valence-corrected chi connectivity index (χ3v) is 2.36. The largest absolute Gasteiger partial charge is 0.294 e. The van der Waals surface area contributed by atoms with Gasteiger partial charge in [0.25, 0.3) is 10.1 Å². The first-order valence-corrected chi connectivity index (χ1v) is 4.63. The maximum atomic E-state index is 10.6. The van der Waals surface area contributed by atoms with Crippen LogP contribution in [0.4, 0.5) is 0 Å². The van der Waals surface area contributed by atoms with Crippen LogP contribution in [0.1, 0.15) is 5.56 Å². The van der Waals surface area contributed by atoms with Gasteiger partial charge in [0, 0.05) is 5.56 Å². The van der Waals surface area contributed by atoms with Crippen LogP contribution >= 0.6 is 0 Å². The summed E-state index contributed by atoms with van der Waals surface area (Å²) in [4.78, 5) is -0.306. The van der Waals surface area contributed by atoms with E-state index in [1.807, 2.05) is 0 Å². The van der Waals surface area contributed by atoms with Crippen molar-refractivity contribution in [3.8, 4) is 0 Å². The lowest BCUT2D eigenvalue weighted by Crippen LogP contribution is -2.02. The Morgan fingerprint density at radius 3 is 2.25 bits per heavy atom. The van der Waals surface area contributed by atoms with Crippen LogP contribution in [0.2, 0.25) is 0 Å². The predicted octanol–water partition coefficient (Wildman–Crippen LogP) is 0.864. The van der Waals surface area contributed by atoms with Gasteiger partial charge in [0.2, 0.25) is 0 Å². The quantitative estimate of drug-likeness (QED) is 0.698. The summed E-state index contributed by atoms with van der Waals surface area (Å²) in [7, 11) is -4.25. The van der Waals surface area contributed by atoms with Gasteiger partial charge in [0.15, 0.2) is 0 Å². The standard InChI is InChI=1S/C7H7O4S/c8-5-6-3-1-2-4-7(6)12(9,10)11/h1-4H,5H2,(H,9,10,11). The Kier molecular flexibility index (Phi) is 2.46. The fourth-order valence-electron chi connectivity index (χ4n) is 0.875. The molecule has 1 radical (unpaired) electrons. The second-order valence-corrected chi connectivity index (χ2v) is 3.62. The van der Waals surface area contributed by atoms with Crippen molar-refractivity contribution in [1.29, 1.82) is 0 Å². The highest BCUT2D eigenvalue weighted by molar-refractivity contribution is 7.85. The molecule has 0 aliphatic carbocycles. The summed E-state index contributed by atoms with van der Waals surface area (Å²) in [5.41, 5.74) is 0.0833. The minimum absolute atomic E-state index is 0.0833. The fraction of sp³-hybridized carbons (Fsp3) is 0.143. The lowest BCUT2D eigenvalue weighted by atomic mass is 10.2. The van der Waals surface area contributed by atoms with Crippen molar-refractivity contribution in [3.63, 3.8) is 0 Å². The van der Waals surface area contributed by atoms with Gasteiger partial charge in [-0.05, 0) is 6.07 Å². The number of hydrogen-bond donors (Lipinski definition) is 1. The van der Waals surface area contributed by atoms with Crippen molar-refractivity contribution in [3.05, 3.63) is 29.8 Å². The van der Waals surface area contributed by atoms with Gasteiger partial charge in [-0.2, -0.15) is 8.42 Å². The molecule has 0 amide bonds. The van der Waals surface area contributed by atoms with Crippen LogP contribution in [0.15, 0.2) is 29.2 Å². The Morgan fingerprint density at radius 1 is 1.25 bits per heavy atom. The van der Waals surface area contributed by atoms with E-state index in [4.69, 9.17) is 4.55 Å². The van der Waals surface area contributed by atoms with E-state index in [9.17, 15) is 13.5 Å². The van der Waals surface area contributed by atoms with Crippen molar-refractivity contribution >= 4 is 10.1 Å². The predicted molar refractivity (Wildman–Crippen MR) is 40.6 cm³/mol. The van der Waals surface area contributed by atoms with Gasteiger partial charge in [0.05, 0.1) is 4.90 Å². The Bertz CT molecular complexity index is 369. The molecule has 0 aromatic heterocycles. The first-order valence-electron chi connectivity index (χ1n) is 3.19. The van der Waals surface area contributed by atoms with Crippen LogP contribution in [0.25, 0.3) is 0 Å². The Labute approximate surface area is 70.2 Å². The maximum Gasteiger partial charge on any atom is 0.294 e. The Morgan fingerprint density at radius 2 is 1.83 bits per heavy atom. The van der Waals surface area contributed by atoms with Crippen molar-refractivity contribution in [2.75, 3.05) is 0 Å². The van der Waals surface area contributed by atoms with Crippen molar-refractivity contribution in [2.24, 2.45) is 0 Å². The molecule has 0 spiro atoms. The second-order valence-electron chi connectivity index (χ2n) is 2.23. The van der Waals surface area contributed by atoms with Crippen molar-refractivity contribution < 1.29 is 18.1 Å². The van der Waals surface area contributed by atoms with Gasteiger partial charge in [0.1, 0.15) is 6.61 Å². The van der Waals surface area contributed by atoms with Crippen LogP contribution in [-0.2, 0) is 21.8 Å². The van der Waals surface area contributed by atoms with E-state index in [0.29, 0.717) is 0 Å². The van der Waals surface area contributed by atoms with E-state index < -0.39 is 16.7 Å². The van der Waals surface area contributed by atoms with E-state index in [1.54, 1.807) is 6.07 Å². The molecule has 0 bridgehead atoms. The normalized spacial score (nSPS) is 11.5. The zero-order valence-corrected chi connectivity index (χ0v) is 6.91. The first-order chi connectivity index (χ1) is 5.55. The molecule has 12 heavy (non-hydrogen) atoms. The monoisotopic (exact) mass is 187 g/mol. The molecule has 1 aromatic rings. The maximum absolute atomic E-state index is 10.6. The Balaban J connectivity index is 3.33. The molecule has 0 saturated heterocycles. The highest BCUT2D eigenvalue weighted by atomic mass is 32.2. The average molecular weight is 187 g/mol. The number of rotatable bonds is 2. The molecule has 0 saturated carbocycles. The molecule has 0 unspecified atom stereocenters. The summed E-state index contributed by atoms with van der Waals surface area (Å²) in [6.07, 6.45) is 0. The third-order valence-electron chi connectivity index (χ3n) is 1.41. The van der Waals surface area contributed by atoms with Crippen LogP contribution in [0.3, 0.4) is 0 Å². The van der Waals surface area contributed by atoms with Gasteiger partial charge >= 0.3 is 0 Å². The number of hydrogen-bond acceptors (Lipinski definition) is 2. The SMILES string of the molecule is [O]Cc1ccccc1S(=O)(=O)O.